The van der Waals surface area contributed by atoms with Crippen molar-refractivity contribution in [1.29, 1.82) is 0 Å². The lowest BCUT2D eigenvalue weighted by molar-refractivity contribution is -0.132. The normalized spacial score (nSPS) is 15.0. The van der Waals surface area contributed by atoms with Crippen LogP contribution in [-0.4, -0.2) is 42.9 Å². The summed E-state index contributed by atoms with van der Waals surface area (Å²) in [6, 6.07) is 5.48. The highest BCUT2D eigenvalue weighted by atomic mass is 32.2. The Balaban J connectivity index is 1.71. The molecule has 0 unspecified atom stereocenters. The maximum Gasteiger partial charge on any atom is 0.336 e. The summed E-state index contributed by atoms with van der Waals surface area (Å²) < 4.78 is 10.6. The monoisotopic (exact) mass is 347 g/mol. The number of thioether (sulfide) groups is 1. The van der Waals surface area contributed by atoms with E-state index in [1.165, 1.54) is 17.8 Å². The summed E-state index contributed by atoms with van der Waals surface area (Å²) >= 11 is 1.53. The minimum atomic E-state index is -0.346. The Labute approximate surface area is 145 Å². The molecule has 1 aromatic carbocycles. The molecule has 24 heavy (non-hydrogen) atoms. The first-order chi connectivity index (χ1) is 11.5. The van der Waals surface area contributed by atoms with E-state index >= 15 is 0 Å². The summed E-state index contributed by atoms with van der Waals surface area (Å²) in [5.74, 6) is 1.15. The largest absolute Gasteiger partial charge is 0.423 e. The van der Waals surface area contributed by atoms with Crippen molar-refractivity contribution in [1.82, 2.24) is 4.90 Å². The second kappa shape index (κ2) is 7.40. The number of hydrogen-bond donors (Lipinski definition) is 0. The minimum Gasteiger partial charge on any atom is -0.423 e. The second-order valence-corrected chi connectivity index (χ2v) is 6.99. The zero-order valence-corrected chi connectivity index (χ0v) is 14.8. The number of ether oxygens (including phenoxy) is 1. The molecular weight excluding hydrogens is 326 g/mol. The molecule has 2 heterocycles. The van der Waals surface area contributed by atoms with Crippen molar-refractivity contribution in [3.05, 3.63) is 45.3 Å². The topological polar surface area (TPSA) is 59.8 Å². The Bertz CT molecular complexity index is 809. The van der Waals surface area contributed by atoms with Crippen molar-refractivity contribution in [2.45, 2.75) is 19.6 Å². The molecule has 5 nitrogen and oxygen atoms in total. The zero-order chi connectivity index (χ0) is 17.1. The van der Waals surface area contributed by atoms with E-state index in [1.807, 2.05) is 30.9 Å². The van der Waals surface area contributed by atoms with Crippen LogP contribution in [0.2, 0.25) is 0 Å². The Morgan fingerprint density at radius 2 is 1.88 bits per heavy atom. The van der Waals surface area contributed by atoms with Crippen LogP contribution in [0.4, 0.5) is 0 Å². The number of amides is 1. The fourth-order valence-corrected chi connectivity index (χ4v) is 3.67. The molecule has 6 heteroatoms. The van der Waals surface area contributed by atoms with Crippen molar-refractivity contribution in [3.63, 3.8) is 0 Å². The Kier molecular flexibility index (Phi) is 5.26. The van der Waals surface area contributed by atoms with Crippen LogP contribution in [-0.2, 0) is 15.3 Å². The third kappa shape index (κ3) is 3.82. The summed E-state index contributed by atoms with van der Waals surface area (Å²) in [7, 11) is 0. The van der Waals surface area contributed by atoms with E-state index in [9.17, 15) is 9.59 Å². The molecule has 1 saturated heterocycles. The first-order valence-corrected chi connectivity index (χ1v) is 9.17. The number of fused-ring (bicyclic) bond motifs is 1. The summed E-state index contributed by atoms with van der Waals surface area (Å²) in [6.07, 6.45) is 0. The van der Waals surface area contributed by atoms with Gasteiger partial charge >= 0.3 is 5.63 Å². The number of rotatable bonds is 4. The predicted octanol–water partition coefficient (Wildman–Crippen LogP) is 2.50. The molecular formula is C18H21NO4S. The Hall–Kier alpha value is -1.79. The van der Waals surface area contributed by atoms with E-state index in [-0.39, 0.29) is 11.5 Å². The molecule has 0 radical (unpaired) electrons. The van der Waals surface area contributed by atoms with Crippen molar-refractivity contribution < 1.29 is 13.9 Å². The van der Waals surface area contributed by atoms with Gasteiger partial charge in [-0.05, 0) is 42.7 Å². The molecule has 1 amide bonds. The van der Waals surface area contributed by atoms with Gasteiger partial charge in [-0.2, -0.15) is 0 Å². The number of morpholine rings is 1. The van der Waals surface area contributed by atoms with Crippen LogP contribution in [0.1, 0.15) is 16.7 Å². The van der Waals surface area contributed by atoms with Crippen LogP contribution < -0.4 is 5.63 Å². The quantitative estimate of drug-likeness (QED) is 0.796. The third-order valence-corrected chi connectivity index (χ3v) is 5.26. The molecule has 128 valence electrons. The molecule has 0 bridgehead atoms. The van der Waals surface area contributed by atoms with Gasteiger partial charge in [-0.1, -0.05) is 0 Å². The van der Waals surface area contributed by atoms with Gasteiger partial charge in [0.05, 0.1) is 19.0 Å². The smallest absolute Gasteiger partial charge is 0.336 e. The molecule has 2 aromatic rings. The zero-order valence-electron chi connectivity index (χ0n) is 14.0. The molecule has 0 atom stereocenters. The summed E-state index contributed by atoms with van der Waals surface area (Å²) in [6.45, 7) is 6.58. The van der Waals surface area contributed by atoms with E-state index in [0.29, 0.717) is 43.4 Å². The number of carbonyl (C=O) groups is 1. The highest BCUT2D eigenvalue weighted by Gasteiger charge is 2.17. The number of aryl methyl sites for hydroxylation is 2. The van der Waals surface area contributed by atoms with E-state index in [1.54, 1.807) is 0 Å². The highest BCUT2D eigenvalue weighted by molar-refractivity contribution is 7.99. The second-order valence-electron chi connectivity index (χ2n) is 6.01. The van der Waals surface area contributed by atoms with E-state index in [4.69, 9.17) is 9.15 Å². The molecule has 3 rings (SSSR count). The molecule has 1 aliphatic heterocycles. The van der Waals surface area contributed by atoms with Crippen LogP contribution in [0.15, 0.2) is 27.4 Å². The van der Waals surface area contributed by atoms with Gasteiger partial charge in [-0.3, -0.25) is 4.79 Å². The van der Waals surface area contributed by atoms with E-state index in [2.05, 4.69) is 0 Å². The lowest BCUT2D eigenvalue weighted by Gasteiger charge is -2.26. The SMILES string of the molecule is Cc1cc2oc(=O)cc(CSCC(=O)N3CCOCC3)c2cc1C. The van der Waals surface area contributed by atoms with Gasteiger partial charge in [0.1, 0.15) is 5.58 Å². The van der Waals surface area contributed by atoms with Crippen LogP contribution in [0.3, 0.4) is 0 Å². The van der Waals surface area contributed by atoms with E-state index < -0.39 is 0 Å². The molecule has 0 saturated carbocycles. The van der Waals surface area contributed by atoms with Gasteiger partial charge in [0.2, 0.25) is 5.91 Å². The first kappa shape index (κ1) is 17.0. The van der Waals surface area contributed by atoms with Gasteiger partial charge < -0.3 is 14.1 Å². The fourth-order valence-electron chi connectivity index (χ4n) is 2.75. The third-order valence-electron chi connectivity index (χ3n) is 4.29. The molecule has 1 fully saturated rings. The molecule has 1 aromatic heterocycles. The maximum absolute atomic E-state index is 12.2. The van der Waals surface area contributed by atoms with Crippen molar-refractivity contribution in [2.24, 2.45) is 0 Å². The predicted molar refractivity (Wildman–Crippen MR) is 95.5 cm³/mol. The average Bonchev–Trinajstić information content (AvgIpc) is 2.57. The lowest BCUT2D eigenvalue weighted by Crippen LogP contribution is -2.41. The number of carbonyl (C=O) groups excluding carboxylic acids is 1. The van der Waals surface area contributed by atoms with Crippen LogP contribution in [0.25, 0.3) is 11.0 Å². The average molecular weight is 347 g/mol. The van der Waals surface area contributed by atoms with Gasteiger partial charge in [-0.25, -0.2) is 4.79 Å². The van der Waals surface area contributed by atoms with Crippen LogP contribution in [0, 0.1) is 13.8 Å². The molecule has 0 spiro atoms. The van der Waals surface area contributed by atoms with Crippen LogP contribution >= 0.6 is 11.8 Å². The standard InChI is InChI=1S/C18H21NO4S/c1-12-7-15-14(9-18(21)23-16(15)8-13(12)2)10-24-11-17(20)19-3-5-22-6-4-19/h7-9H,3-6,10-11H2,1-2H3. The number of benzene rings is 1. The highest BCUT2D eigenvalue weighted by Crippen LogP contribution is 2.24. The Morgan fingerprint density at radius 1 is 1.17 bits per heavy atom. The van der Waals surface area contributed by atoms with Crippen LogP contribution in [0.5, 0.6) is 0 Å². The van der Waals surface area contributed by atoms with E-state index in [0.717, 1.165) is 22.1 Å². The molecule has 0 aliphatic carbocycles. The molecule has 0 N–H and O–H groups in total. The van der Waals surface area contributed by atoms with Crippen molar-refractivity contribution in [3.8, 4) is 0 Å². The molecule has 1 aliphatic rings. The maximum atomic E-state index is 12.2. The fraction of sp³-hybridized carbons (Fsp3) is 0.444. The minimum absolute atomic E-state index is 0.127. The summed E-state index contributed by atoms with van der Waals surface area (Å²) in [5.41, 5.74) is 3.44. The summed E-state index contributed by atoms with van der Waals surface area (Å²) in [4.78, 5) is 25.8. The van der Waals surface area contributed by atoms with Gasteiger partial charge in [0.25, 0.3) is 0 Å². The van der Waals surface area contributed by atoms with Crippen molar-refractivity contribution >= 4 is 28.6 Å². The van der Waals surface area contributed by atoms with Gasteiger partial charge in [0.15, 0.2) is 0 Å². The van der Waals surface area contributed by atoms with Crippen molar-refractivity contribution in [2.75, 3.05) is 32.1 Å². The number of hydrogen-bond acceptors (Lipinski definition) is 5. The van der Waals surface area contributed by atoms with Gasteiger partial charge in [-0.15, -0.1) is 11.8 Å². The number of nitrogens with zero attached hydrogens (tertiary/aromatic N) is 1. The summed E-state index contributed by atoms with van der Waals surface area (Å²) in [5, 5.41) is 0.948. The first-order valence-electron chi connectivity index (χ1n) is 8.02. The Morgan fingerprint density at radius 3 is 2.62 bits per heavy atom. The lowest BCUT2D eigenvalue weighted by atomic mass is 10.0. The van der Waals surface area contributed by atoms with Gasteiger partial charge in [0, 0.05) is 30.3 Å².